The van der Waals surface area contributed by atoms with Crippen LogP contribution in [0.1, 0.15) is 34.5 Å². The van der Waals surface area contributed by atoms with Crippen molar-refractivity contribution in [2.75, 3.05) is 0 Å². The highest BCUT2D eigenvalue weighted by Gasteiger charge is 2.46. The van der Waals surface area contributed by atoms with Gasteiger partial charge in [-0.05, 0) is 45.8 Å². The highest BCUT2D eigenvalue weighted by Crippen LogP contribution is 2.47. The third-order valence-corrected chi connectivity index (χ3v) is 5.63. The van der Waals surface area contributed by atoms with Crippen LogP contribution in [-0.2, 0) is 5.41 Å². The van der Waals surface area contributed by atoms with Gasteiger partial charge >= 0.3 is 0 Å². The zero-order valence-corrected chi connectivity index (χ0v) is 12.3. The van der Waals surface area contributed by atoms with Crippen LogP contribution in [-0.4, -0.2) is 5.78 Å². The molecule has 18 heavy (non-hydrogen) atoms. The minimum atomic E-state index is -0.269. The Hall–Kier alpha value is -0.930. The Balaban J connectivity index is 2.03. The highest BCUT2D eigenvalue weighted by molar-refractivity contribution is 9.10. The molecule has 0 aliphatic heterocycles. The average Bonchev–Trinajstić information content (AvgIpc) is 2.75. The van der Waals surface area contributed by atoms with Gasteiger partial charge in [-0.3, -0.25) is 4.79 Å². The third-order valence-electron chi connectivity index (χ3n) is 3.79. The Morgan fingerprint density at radius 3 is 2.39 bits per heavy atom. The molecule has 0 N–H and O–H groups in total. The average molecular weight is 321 g/mol. The number of Topliss-reactive ketones (excluding diaryl/α,β-unsaturated/α-hetero) is 1. The molecule has 3 rings (SSSR count). The van der Waals surface area contributed by atoms with Crippen molar-refractivity contribution in [3.05, 3.63) is 56.7 Å². The molecule has 2 aromatic rings. The summed E-state index contributed by atoms with van der Waals surface area (Å²) in [5, 5.41) is 1.97. The number of hydrogen-bond donors (Lipinski definition) is 0. The predicted octanol–water partition coefficient (Wildman–Crippen LogP) is 4.82. The van der Waals surface area contributed by atoms with Crippen LogP contribution in [0.25, 0.3) is 0 Å². The zero-order valence-electron chi connectivity index (χ0n) is 9.86. The second kappa shape index (κ2) is 4.63. The molecule has 1 saturated carbocycles. The summed E-state index contributed by atoms with van der Waals surface area (Å²) in [5.74, 6) is 0.279. The minimum Gasteiger partial charge on any atom is -0.292 e. The van der Waals surface area contributed by atoms with E-state index in [0.717, 1.165) is 28.6 Å². The van der Waals surface area contributed by atoms with Gasteiger partial charge in [-0.25, -0.2) is 0 Å². The molecule has 1 aliphatic rings. The molecule has 1 aromatic heterocycles. The number of halogens is 1. The normalized spacial score (nSPS) is 17.2. The Morgan fingerprint density at radius 1 is 1.17 bits per heavy atom. The van der Waals surface area contributed by atoms with E-state index in [0.29, 0.717) is 0 Å². The van der Waals surface area contributed by atoms with Crippen LogP contribution < -0.4 is 0 Å². The van der Waals surface area contributed by atoms with Gasteiger partial charge in [-0.15, -0.1) is 11.3 Å². The van der Waals surface area contributed by atoms with Crippen molar-refractivity contribution in [2.45, 2.75) is 24.7 Å². The van der Waals surface area contributed by atoms with E-state index in [2.05, 4.69) is 28.1 Å². The van der Waals surface area contributed by atoms with Gasteiger partial charge in [-0.2, -0.15) is 0 Å². The Bertz CT molecular complexity index is 569. The van der Waals surface area contributed by atoms with Crippen molar-refractivity contribution in [2.24, 2.45) is 0 Å². The number of ketones is 1. The highest BCUT2D eigenvalue weighted by atomic mass is 79.9. The monoisotopic (exact) mass is 320 g/mol. The fourth-order valence-corrected chi connectivity index (χ4v) is 4.20. The van der Waals surface area contributed by atoms with Crippen LogP contribution >= 0.6 is 27.3 Å². The summed E-state index contributed by atoms with van der Waals surface area (Å²) in [7, 11) is 0. The van der Waals surface area contributed by atoms with Gasteiger partial charge in [0.15, 0.2) is 5.78 Å². The predicted molar refractivity (Wildman–Crippen MR) is 78.3 cm³/mol. The smallest absolute Gasteiger partial charge is 0.184 e. The number of hydrogen-bond acceptors (Lipinski definition) is 2. The Kier molecular flexibility index (Phi) is 3.12. The molecule has 0 amide bonds. The van der Waals surface area contributed by atoms with Gasteiger partial charge in [0, 0.05) is 4.47 Å². The van der Waals surface area contributed by atoms with Crippen molar-refractivity contribution < 1.29 is 4.79 Å². The topological polar surface area (TPSA) is 17.1 Å². The number of rotatable bonds is 3. The summed E-state index contributed by atoms with van der Waals surface area (Å²) in [5.41, 5.74) is 0.899. The van der Waals surface area contributed by atoms with Crippen LogP contribution in [0.2, 0.25) is 0 Å². The number of thiophene rings is 1. The first-order valence-corrected chi connectivity index (χ1v) is 7.75. The Morgan fingerprint density at radius 2 is 1.89 bits per heavy atom. The SMILES string of the molecule is O=C(c1sccc1Br)C1(c2ccccc2)CCC1. The first kappa shape index (κ1) is 12.1. The summed E-state index contributed by atoms with van der Waals surface area (Å²) in [6, 6.07) is 12.2. The van der Waals surface area contributed by atoms with Crippen molar-refractivity contribution in [3.63, 3.8) is 0 Å². The van der Waals surface area contributed by atoms with Crippen molar-refractivity contribution in [3.8, 4) is 0 Å². The molecule has 3 heteroatoms. The minimum absolute atomic E-state index is 0.269. The van der Waals surface area contributed by atoms with Crippen molar-refractivity contribution >= 4 is 33.0 Å². The van der Waals surface area contributed by atoms with Crippen molar-refractivity contribution in [1.82, 2.24) is 0 Å². The number of carbonyl (C=O) groups excluding carboxylic acids is 1. The molecular formula is C15H13BrOS. The lowest BCUT2D eigenvalue weighted by Gasteiger charge is -2.40. The molecule has 1 fully saturated rings. The van der Waals surface area contributed by atoms with Gasteiger partial charge in [0.2, 0.25) is 0 Å². The lowest BCUT2D eigenvalue weighted by atomic mass is 9.61. The third kappa shape index (κ3) is 1.77. The molecule has 0 unspecified atom stereocenters. The molecule has 0 atom stereocenters. The molecule has 0 spiro atoms. The van der Waals surface area contributed by atoms with E-state index in [-0.39, 0.29) is 11.2 Å². The molecule has 1 heterocycles. The summed E-state index contributed by atoms with van der Waals surface area (Å²) in [6.45, 7) is 0. The zero-order chi connectivity index (χ0) is 12.6. The van der Waals surface area contributed by atoms with E-state index in [1.807, 2.05) is 29.6 Å². The van der Waals surface area contributed by atoms with Crippen LogP contribution in [0.5, 0.6) is 0 Å². The second-order valence-corrected chi connectivity index (χ2v) is 6.50. The van der Waals surface area contributed by atoms with Crippen molar-refractivity contribution in [1.29, 1.82) is 0 Å². The molecule has 0 saturated heterocycles. The van der Waals surface area contributed by atoms with Gasteiger partial charge in [0.1, 0.15) is 0 Å². The molecule has 0 radical (unpaired) electrons. The van der Waals surface area contributed by atoms with Crippen LogP contribution in [0.4, 0.5) is 0 Å². The van der Waals surface area contributed by atoms with Gasteiger partial charge in [-0.1, -0.05) is 36.8 Å². The fourth-order valence-electron chi connectivity index (χ4n) is 2.61. The molecule has 1 aromatic carbocycles. The summed E-state index contributed by atoms with van der Waals surface area (Å²) < 4.78 is 0.930. The summed E-state index contributed by atoms with van der Waals surface area (Å²) in [4.78, 5) is 13.7. The quantitative estimate of drug-likeness (QED) is 0.741. The van der Waals surface area contributed by atoms with E-state index >= 15 is 0 Å². The van der Waals surface area contributed by atoms with E-state index < -0.39 is 0 Å². The van der Waals surface area contributed by atoms with Gasteiger partial charge < -0.3 is 0 Å². The maximum Gasteiger partial charge on any atom is 0.184 e. The lowest BCUT2D eigenvalue weighted by molar-refractivity contribution is 0.0792. The molecular weight excluding hydrogens is 308 g/mol. The second-order valence-electron chi connectivity index (χ2n) is 4.73. The number of benzene rings is 1. The van der Waals surface area contributed by atoms with Gasteiger partial charge in [0.05, 0.1) is 10.3 Å². The molecule has 92 valence electrons. The van der Waals surface area contributed by atoms with Crippen LogP contribution in [0.15, 0.2) is 46.3 Å². The van der Waals surface area contributed by atoms with Crippen LogP contribution in [0.3, 0.4) is 0 Å². The first-order valence-electron chi connectivity index (χ1n) is 6.07. The van der Waals surface area contributed by atoms with Crippen LogP contribution in [0, 0.1) is 0 Å². The molecule has 1 nitrogen and oxygen atoms in total. The Labute approximate surface area is 119 Å². The summed E-state index contributed by atoms with van der Waals surface area (Å²) in [6.07, 6.45) is 3.09. The fraction of sp³-hybridized carbons (Fsp3) is 0.267. The van der Waals surface area contributed by atoms with Gasteiger partial charge in [0.25, 0.3) is 0 Å². The van der Waals surface area contributed by atoms with E-state index in [4.69, 9.17) is 0 Å². The first-order chi connectivity index (χ1) is 8.74. The molecule has 0 bridgehead atoms. The maximum atomic E-state index is 12.8. The summed E-state index contributed by atoms with van der Waals surface area (Å²) >= 11 is 5.01. The van der Waals surface area contributed by atoms with E-state index in [9.17, 15) is 4.79 Å². The molecule has 1 aliphatic carbocycles. The maximum absolute atomic E-state index is 12.8. The lowest BCUT2D eigenvalue weighted by Crippen LogP contribution is -2.42. The number of carbonyl (C=O) groups is 1. The largest absolute Gasteiger partial charge is 0.292 e. The standard InChI is InChI=1S/C15H13BrOS/c16-12-7-10-18-13(12)14(17)15(8-4-9-15)11-5-2-1-3-6-11/h1-3,5-7,10H,4,8-9H2. The van der Waals surface area contributed by atoms with E-state index in [1.165, 1.54) is 16.9 Å². The van der Waals surface area contributed by atoms with E-state index in [1.54, 1.807) is 0 Å².